The van der Waals surface area contributed by atoms with Crippen molar-refractivity contribution in [1.82, 2.24) is 24.3 Å². The van der Waals surface area contributed by atoms with E-state index < -0.39 is 12.6 Å². The maximum atomic E-state index is 13.5. The molecule has 0 atom stereocenters. The number of fused-ring (bicyclic) bond motifs is 3. The van der Waals surface area contributed by atoms with Crippen molar-refractivity contribution < 1.29 is 19.4 Å². The van der Waals surface area contributed by atoms with E-state index in [1.54, 1.807) is 12.1 Å². The largest absolute Gasteiger partial charge is 0.482 e. The predicted molar refractivity (Wildman–Crippen MR) is 165 cm³/mol. The number of hydrogen-bond acceptors (Lipinski definition) is 7. The number of aliphatic carboxylic acids is 1. The van der Waals surface area contributed by atoms with E-state index in [1.165, 1.54) is 0 Å². The van der Waals surface area contributed by atoms with Crippen LogP contribution < -0.4 is 10.5 Å². The van der Waals surface area contributed by atoms with E-state index in [0.717, 1.165) is 72.1 Å². The lowest BCUT2D eigenvalue weighted by Crippen LogP contribution is -2.40. The Bertz CT molecular complexity index is 1510. The number of nitrogens with two attached hydrogens (primary N) is 1. The highest BCUT2D eigenvalue weighted by molar-refractivity contribution is 6.06. The van der Waals surface area contributed by atoms with E-state index in [4.69, 9.17) is 20.6 Å². The zero-order valence-electron chi connectivity index (χ0n) is 24.9. The summed E-state index contributed by atoms with van der Waals surface area (Å²) in [6, 6.07) is 15.3. The van der Waals surface area contributed by atoms with Crippen LogP contribution >= 0.6 is 0 Å². The second-order valence-electron chi connectivity index (χ2n) is 10.5. The molecule has 2 heterocycles. The quantitative estimate of drug-likeness (QED) is 0.197. The Balaban J connectivity index is 1.60. The number of pyridine rings is 1. The lowest BCUT2D eigenvalue weighted by molar-refractivity contribution is -0.139. The standard InChI is InChI=1S/C32H42N6O4/c1-4-7-16-27-35-30-31(25-14-8-9-15-26(25)34-32(30)33)38(27)18-11-17-37(28(39)21-36(5-2)6-3)20-23-12-10-13-24(19-23)42-22-29(40)41/h8-10,12-15,19H,4-7,11,16-18,20-22H2,1-3H3,(H2,33,34)(H,40,41). The van der Waals surface area contributed by atoms with Crippen molar-refractivity contribution in [3.05, 3.63) is 59.9 Å². The number of carboxylic acids is 1. The molecule has 42 heavy (non-hydrogen) atoms. The van der Waals surface area contributed by atoms with Crippen LogP contribution in [0, 0.1) is 0 Å². The minimum Gasteiger partial charge on any atom is -0.482 e. The van der Waals surface area contributed by atoms with Crippen LogP contribution in [0.25, 0.3) is 21.9 Å². The number of nitrogen functional groups attached to an aromatic ring is 1. The summed E-state index contributed by atoms with van der Waals surface area (Å²) >= 11 is 0. The molecule has 0 spiro atoms. The smallest absolute Gasteiger partial charge is 0.341 e. The van der Waals surface area contributed by atoms with Gasteiger partial charge in [-0.2, -0.15) is 0 Å². The molecule has 0 fully saturated rings. The van der Waals surface area contributed by atoms with Crippen LogP contribution in [-0.2, 0) is 29.1 Å². The Hall–Kier alpha value is -4.18. The Morgan fingerprint density at radius 2 is 1.81 bits per heavy atom. The van der Waals surface area contributed by atoms with Gasteiger partial charge >= 0.3 is 5.97 Å². The van der Waals surface area contributed by atoms with Crippen molar-refractivity contribution in [2.24, 2.45) is 0 Å². The van der Waals surface area contributed by atoms with Gasteiger partial charge in [0.25, 0.3) is 0 Å². The first-order valence-electron chi connectivity index (χ1n) is 14.8. The monoisotopic (exact) mass is 574 g/mol. The molecule has 0 aliphatic rings. The van der Waals surface area contributed by atoms with Gasteiger partial charge in [-0.15, -0.1) is 0 Å². The van der Waals surface area contributed by atoms with Crippen LogP contribution in [0.15, 0.2) is 48.5 Å². The number of unbranched alkanes of at least 4 members (excludes halogenated alkanes) is 1. The van der Waals surface area contributed by atoms with E-state index in [2.05, 4.69) is 41.3 Å². The van der Waals surface area contributed by atoms with Crippen molar-refractivity contribution in [2.75, 3.05) is 38.5 Å². The molecule has 0 bridgehead atoms. The first kappa shape index (κ1) is 30.8. The van der Waals surface area contributed by atoms with E-state index in [0.29, 0.717) is 37.7 Å². The van der Waals surface area contributed by atoms with Crippen LogP contribution in [0.1, 0.15) is 51.4 Å². The summed E-state index contributed by atoms with van der Waals surface area (Å²) in [5.74, 6) is 0.903. The summed E-state index contributed by atoms with van der Waals surface area (Å²) in [7, 11) is 0. The minimum atomic E-state index is -1.04. The normalized spacial score (nSPS) is 11.4. The molecule has 0 saturated heterocycles. The highest BCUT2D eigenvalue weighted by atomic mass is 16.5. The lowest BCUT2D eigenvalue weighted by Gasteiger charge is -2.27. The molecular weight excluding hydrogens is 532 g/mol. The fraction of sp³-hybridized carbons (Fsp3) is 0.438. The third kappa shape index (κ3) is 7.55. The van der Waals surface area contributed by atoms with Crippen LogP contribution in [0.4, 0.5) is 5.82 Å². The van der Waals surface area contributed by atoms with Gasteiger partial charge in [0.15, 0.2) is 12.4 Å². The number of anilines is 1. The second-order valence-corrected chi connectivity index (χ2v) is 10.5. The third-order valence-electron chi connectivity index (χ3n) is 7.49. The first-order chi connectivity index (χ1) is 20.3. The number of carbonyl (C=O) groups excluding carboxylic acids is 1. The van der Waals surface area contributed by atoms with Crippen molar-refractivity contribution >= 4 is 39.6 Å². The summed E-state index contributed by atoms with van der Waals surface area (Å²) in [5.41, 5.74) is 9.82. The Morgan fingerprint density at radius 3 is 2.55 bits per heavy atom. The van der Waals surface area contributed by atoms with Crippen molar-refractivity contribution in [1.29, 1.82) is 0 Å². The fourth-order valence-corrected chi connectivity index (χ4v) is 5.22. The highest BCUT2D eigenvalue weighted by Crippen LogP contribution is 2.29. The summed E-state index contributed by atoms with van der Waals surface area (Å²) in [6.07, 6.45) is 3.64. The van der Waals surface area contributed by atoms with E-state index >= 15 is 0 Å². The Kier molecular flexibility index (Phi) is 10.7. The molecular formula is C32H42N6O4. The maximum Gasteiger partial charge on any atom is 0.341 e. The van der Waals surface area contributed by atoms with E-state index in [-0.39, 0.29) is 5.91 Å². The van der Waals surface area contributed by atoms with Gasteiger partial charge in [0.2, 0.25) is 5.91 Å². The van der Waals surface area contributed by atoms with Crippen molar-refractivity contribution in [3.8, 4) is 5.75 Å². The molecule has 1 amide bonds. The van der Waals surface area contributed by atoms with Gasteiger partial charge in [-0.05, 0) is 49.7 Å². The molecule has 0 unspecified atom stereocenters. The average molecular weight is 575 g/mol. The number of aryl methyl sites for hydroxylation is 2. The molecule has 10 nitrogen and oxygen atoms in total. The summed E-state index contributed by atoms with van der Waals surface area (Å²) in [4.78, 5) is 38.0. The molecule has 0 radical (unpaired) electrons. The van der Waals surface area contributed by atoms with Crippen molar-refractivity contribution in [2.45, 2.75) is 59.5 Å². The van der Waals surface area contributed by atoms with E-state index in [9.17, 15) is 9.59 Å². The highest BCUT2D eigenvalue weighted by Gasteiger charge is 2.20. The van der Waals surface area contributed by atoms with Gasteiger partial charge < -0.3 is 25.0 Å². The number of carboxylic acid groups (broad SMARTS) is 1. The number of carbonyl (C=O) groups is 2. The molecule has 224 valence electrons. The zero-order valence-corrected chi connectivity index (χ0v) is 24.9. The van der Waals surface area contributed by atoms with Crippen LogP contribution in [0.3, 0.4) is 0 Å². The Labute approximate surface area is 247 Å². The number of hydrogen-bond donors (Lipinski definition) is 2. The van der Waals surface area contributed by atoms with Crippen LogP contribution in [-0.4, -0.2) is 74.1 Å². The molecule has 10 heteroatoms. The number of rotatable bonds is 16. The number of amides is 1. The average Bonchev–Trinajstić information content (AvgIpc) is 3.36. The zero-order chi connectivity index (χ0) is 30.1. The molecule has 0 aliphatic carbocycles. The van der Waals surface area contributed by atoms with Gasteiger partial charge in [-0.1, -0.05) is 57.5 Å². The molecule has 0 saturated carbocycles. The number of likely N-dealkylation sites (N-methyl/N-ethyl adjacent to an activating group) is 1. The number of aromatic nitrogens is 3. The maximum absolute atomic E-state index is 13.5. The summed E-state index contributed by atoms with van der Waals surface area (Å²) < 4.78 is 7.64. The topological polar surface area (TPSA) is 127 Å². The van der Waals surface area contributed by atoms with Gasteiger partial charge in [-0.3, -0.25) is 9.69 Å². The lowest BCUT2D eigenvalue weighted by atomic mass is 10.1. The molecule has 0 aliphatic heterocycles. The van der Waals surface area contributed by atoms with Gasteiger partial charge in [0.1, 0.15) is 17.1 Å². The number of imidazole rings is 1. The molecule has 2 aromatic carbocycles. The predicted octanol–water partition coefficient (Wildman–Crippen LogP) is 4.73. The van der Waals surface area contributed by atoms with E-state index in [1.807, 2.05) is 35.2 Å². The first-order valence-corrected chi connectivity index (χ1v) is 14.8. The van der Waals surface area contributed by atoms with Crippen LogP contribution in [0.5, 0.6) is 5.75 Å². The van der Waals surface area contributed by atoms with Gasteiger partial charge in [0, 0.05) is 31.4 Å². The molecule has 3 N–H and O–H groups in total. The minimum absolute atomic E-state index is 0.0520. The number of ether oxygens (including phenoxy) is 1. The fourth-order valence-electron chi connectivity index (χ4n) is 5.22. The van der Waals surface area contributed by atoms with Gasteiger partial charge in [0.05, 0.1) is 17.6 Å². The molecule has 4 aromatic rings. The SMILES string of the molecule is CCCCc1nc2c(N)nc3ccccc3c2n1CCCN(Cc1cccc(OCC(=O)O)c1)C(=O)CN(CC)CC. The number of nitrogens with zero attached hydrogens (tertiary/aromatic N) is 5. The molecule has 2 aromatic heterocycles. The number of para-hydroxylation sites is 1. The second kappa shape index (κ2) is 14.6. The number of benzene rings is 2. The van der Waals surface area contributed by atoms with Gasteiger partial charge in [-0.25, -0.2) is 14.8 Å². The Morgan fingerprint density at radius 1 is 1.02 bits per heavy atom. The van der Waals surface area contributed by atoms with Crippen molar-refractivity contribution in [3.63, 3.8) is 0 Å². The summed E-state index contributed by atoms with van der Waals surface area (Å²) in [6.45, 7) is 9.40. The molecule has 4 rings (SSSR count). The van der Waals surface area contributed by atoms with Crippen LogP contribution in [0.2, 0.25) is 0 Å². The third-order valence-corrected chi connectivity index (χ3v) is 7.49. The summed E-state index contributed by atoms with van der Waals surface area (Å²) in [5, 5.41) is 9.99.